The molecule has 0 heterocycles. The second kappa shape index (κ2) is 6.22. The van der Waals surface area contributed by atoms with E-state index in [1.807, 2.05) is 13.8 Å². The molecule has 1 aliphatic rings. The zero-order chi connectivity index (χ0) is 13.6. The smallest absolute Gasteiger partial charge is 0.240 e. The van der Waals surface area contributed by atoms with Gasteiger partial charge in [0, 0.05) is 6.54 Å². The number of rotatable bonds is 8. The van der Waals surface area contributed by atoms with Gasteiger partial charge in [0.25, 0.3) is 0 Å². The summed E-state index contributed by atoms with van der Waals surface area (Å²) >= 11 is 0. The summed E-state index contributed by atoms with van der Waals surface area (Å²) in [6, 6.07) is 2.28. The molecule has 3 nitrogen and oxygen atoms in total. The van der Waals surface area contributed by atoms with Gasteiger partial charge in [-0.25, -0.2) is 0 Å². The van der Waals surface area contributed by atoms with Crippen molar-refractivity contribution in [3.05, 3.63) is 0 Å². The molecule has 0 atom stereocenters. The molecule has 0 unspecified atom stereocenters. The number of hydrogen-bond acceptors (Lipinski definition) is 2. The largest absolute Gasteiger partial charge is 0.354 e. The van der Waals surface area contributed by atoms with E-state index in [1.165, 1.54) is 12.8 Å². The Balaban J connectivity index is 2.61. The van der Waals surface area contributed by atoms with E-state index in [4.69, 9.17) is 0 Å². The fourth-order valence-electron chi connectivity index (χ4n) is 2.64. The monoisotopic (exact) mass is 250 g/mol. The molecular formula is C15H26N2O. The van der Waals surface area contributed by atoms with Crippen LogP contribution in [0.3, 0.4) is 0 Å². The van der Waals surface area contributed by atoms with Gasteiger partial charge in [-0.05, 0) is 37.5 Å². The molecule has 1 fully saturated rings. The fourth-order valence-corrected chi connectivity index (χ4v) is 2.64. The Morgan fingerprint density at radius 3 is 2.17 bits per heavy atom. The van der Waals surface area contributed by atoms with Crippen LogP contribution in [0.1, 0.15) is 65.7 Å². The summed E-state index contributed by atoms with van der Waals surface area (Å²) in [4.78, 5) is 12.3. The van der Waals surface area contributed by atoms with Gasteiger partial charge in [0.2, 0.25) is 5.91 Å². The lowest BCUT2D eigenvalue weighted by Crippen LogP contribution is -2.42. The Hall–Kier alpha value is -1.04. The summed E-state index contributed by atoms with van der Waals surface area (Å²) in [7, 11) is 0. The topological polar surface area (TPSA) is 52.9 Å². The lowest BCUT2D eigenvalue weighted by Gasteiger charge is -2.26. The average molecular weight is 250 g/mol. The van der Waals surface area contributed by atoms with E-state index in [-0.39, 0.29) is 5.91 Å². The summed E-state index contributed by atoms with van der Waals surface area (Å²) in [5, 5.41) is 12.4. The highest BCUT2D eigenvalue weighted by molar-refractivity contribution is 5.85. The molecule has 0 aromatic heterocycles. The molecule has 1 amide bonds. The molecule has 0 spiro atoms. The van der Waals surface area contributed by atoms with E-state index in [0.29, 0.717) is 18.3 Å². The normalized spacial score (nSPS) is 17.0. The second-order valence-corrected chi connectivity index (χ2v) is 5.73. The van der Waals surface area contributed by atoms with Crippen LogP contribution in [0.25, 0.3) is 0 Å². The van der Waals surface area contributed by atoms with E-state index in [1.54, 1.807) is 0 Å². The van der Waals surface area contributed by atoms with Crippen LogP contribution < -0.4 is 5.32 Å². The third-order valence-corrected chi connectivity index (χ3v) is 4.33. The molecule has 0 bridgehead atoms. The third kappa shape index (κ3) is 3.25. The minimum Gasteiger partial charge on any atom is -0.354 e. The quantitative estimate of drug-likeness (QED) is 0.717. The van der Waals surface area contributed by atoms with Gasteiger partial charge in [-0.1, -0.05) is 33.6 Å². The van der Waals surface area contributed by atoms with E-state index in [9.17, 15) is 10.1 Å². The van der Waals surface area contributed by atoms with Gasteiger partial charge in [-0.15, -0.1) is 0 Å². The molecule has 0 aromatic rings. The van der Waals surface area contributed by atoms with Gasteiger partial charge < -0.3 is 5.32 Å². The zero-order valence-electron chi connectivity index (χ0n) is 12.0. The summed E-state index contributed by atoms with van der Waals surface area (Å²) in [5.41, 5.74) is -0.456. The van der Waals surface area contributed by atoms with E-state index in [0.717, 1.165) is 25.8 Å². The number of hydrogen-bond donors (Lipinski definition) is 1. The van der Waals surface area contributed by atoms with Crippen LogP contribution in [-0.2, 0) is 4.79 Å². The van der Waals surface area contributed by atoms with Crippen LogP contribution in [0.15, 0.2) is 0 Å². The molecule has 18 heavy (non-hydrogen) atoms. The van der Waals surface area contributed by atoms with Gasteiger partial charge in [-0.3, -0.25) is 4.79 Å². The van der Waals surface area contributed by atoms with Crippen molar-refractivity contribution in [2.24, 2.45) is 10.8 Å². The number of carbonyl (C=O) groups excluding carboxylic acids is 1. The summed E-state index contributed by atoms with van der Waals surface area (Å²) < 4.78 is 0. The van der Waals surface area contributed by atoms with Crippen molar-refractivity contribution in [2.75, 3.05) is 6.54 Å². The maximum absolute atomic E-state index is 12.3. The number of nitriles is 1. The standard InChI is InChI=1S/C15H26N2O/c1-4-7-15(11-16,8-5-2)13(18)17-12-14(6-3)9-10-14/h4-10,12H2,1-3H3,(H,17,18). The molecule has 0 saturated heterocycles. The Labute approximate surface area is 111 Å². The van der Waals surface area contributed by atoms with Gasteiger partial charge in [0.1, 0.15) is 5.41 Å². The van der Waals surface area contributed by atoms with Crippen molar-refractivity contribution < 1.29 is 4.79 Å². The van der Waals surface area contributed by atoms with Crippen LogP contribution in [0.5, 0.6) is 0 Å². The van der Waals surface area contributed by atoms with E-state index < -0.39 is 5.41 Å². The van der Waals surface area contributed by atoms with Gasteiger partial charge in [0.15, 0.2) is 0 Å². The maximum atomic E-state index is 12.3. The van der Waals surface area contributed by atoms with Crippen LogP contribution in [0.4, 0.5) is 0 Å². The predicted octanol–water partition coefficient (Wildman–Crippen LogP) is 3.40. The molecule has 1 rings (SSSR count). The van der Waals surface area contributed by atoms with Crippen molar-refractivity contribution in [3.8, 4) is 6.07 Å². The SMILES string of the molecule is CCCC(C#N)(CCC)C(=O)NCC1(CC)CC1. The highest BCUT2D eigenvalue weighted by Crippen LogP contribution is 2.48. The van der Waals surface area contributed by atoms with Gasteiger partial charge in [-0.2, -0.15) is 5.26 Å². The Kier molecular flexibility index (Phi) is 5.19. The van der Waals surface area contributed by atoms with Crippen molar-refractivity contribution >= 4 is 5.91 Å². The number of nitrogens with zero attached hydrogens (tertiary/aromatic N) is 1. The fraction of sp³-hybridized carbons (Fsp3) is 0.867. The number of carbonyl (C=O) groups is 1. The first-order chi connectivity index (χ1) is 8.58. The number of nitrogens with one attached hydrogen (secondary N) is 1. The molecule has 1 saturated carbocycles. The van der Waals surface area contributed by atoms with Crippen LogP contribution in [0, 0.1) is 22.2 Å². The Morgan fingerprint density at radius 2 is 1.83 bits per heavy atom. The highest BCUT2D eigenvalue weighted by Gasteiger charge is 2.43. The van der Waals surface area contributed by atoms with Crippen molar-refractivity contribution in [1.29, 1.82) is 5.26 Å². The zero-order valence-corrected chi connectivity index (χ0v) is 12.0. The second-order valence-electron chi connectivity index (χ2n) is 5.73. The first-order valence-corrected chi connectivity index (χ1v) is 7.27. The van der Waals surface area contributed by atoms with Crippen molar-refractivity contribution in [2.45, 2.75) is 65.7 Å². The lowest BCUT2D eigenvalue weighted by atomic mass is 9.79. The first-order valence-electron chi connectivity index (χ1n) is 7.27. The van der Waals surface area contributed by atoms with Gasteiger partial charge in [0.05, 0.1) is 6.07 Å². The van der Waals surface area contributed by atoms with E-state index >= 15 is 0 Å². The molecule has 102 valence electrons. The Morgan fingerprint density at radius 1 is 1.28 bits per heavy atom. The number of amides is 1. The minimum atomic E-state index is -0.798. The maximum Gasteiger partial charge on any atom is 0.240 e. The summed E-state index contributed by atoms with van der Waals surface area (Å²) in [6.07, 6.45) is 6.63. The molecule has 1 N–H and O–H groups in total. The van der Waals surface area contributed by atoms with Crippen molar-refractivity contribution in [3.63, 3.8) is 0 Å². The molecule has 1 aliphatic carbocycles. The molecule has 0 aliphatic heterocycles. The molecular weight excluding hydrogens is 224 g/mol. The highest BCUT2D eigenvalue weighted by atomic mass is 16.2. The van der Waals surface area contributed by atoms with Gasteiger partial charge >= 0.3 is 0 Å². The third-order valence-electron chi connectivity index (χ3n) is 4.33. The van der Waals surface area contributed by atoms with Crippen LogP contribution in [0.2, 0.25) is 0 Å². The predicted molar refractivity (Wildman–Crippen MR) is 72.8 cm³/mol. The Bertz CT molecular complexity index is 320. The molecule has 0 radical (unpaired) electrons. The van der Waals surface area contributed by atoms with Crippen LogP contribution in [-0.4, -0.2) is 12.5 Å². The average Bonchev–Trinajstić information content (AvgIpc) is 3.16. The van der Waals surface area contributed by atoms with Crippen molar-refractivity contribution in [1.82, 2.24) is 5.32 Å². The minimum absolute atomic E-state index is 0.0478. The van der Waals surface area contributed by atoms with Crippen LogP contribution >= 0.6 is 0 Å². The molecule has 0 aromatic carbocycles. The first kappa shape index (κ1) is 15.0. The summed E-state index contributed by atoms with van der Waals surface area (Å²) in [5.74, 6) is -0.0478. The molecule has 3 heteroatoms. The van der Waals surface area contributed by atoms with E-state index in [2.05, 4.69) is 18.3 Å². The summed E-state index contributed by atoms with van der Waals surface area (Å²) in [6.45, 7) is 6.99. The lowest BCUT2D eigenvalue weighted by molar-refractivity contribution is -0.129.